The SMILES string of the molecule is CN(CCCc1cc(-c2ccc(F)cc2)n[nH]1)CCOc1cccc(C#N)c1. The van der Waals surface area contributed by atoms with Crippen LogP contribution in [0.15, 0.2) is 54.6 Å². The fourth-order valence-corrected chi connectivity index (χ4v) is 2.88. The molecule has 1 aromatic heterocycles. The zero-order valence-electron chi connectivity index (χ0n) is 15.9. The summed E-state index contributed by atoms with van der Waals surface area (Å²) < 4.78 is 18.7. The molecule has 0 radical (unpaired) electrons. The molecular formula is C22H23FN4O. The molecule has 0 saturated carbocycles. The van der Waals surface area contributed by atoms with E-state index in [2.05, 4.69) is 28.2 Å². The summed E-state index contributed by atoms with van der Waals surface area (Å²) in [4.78, 5) is 2.21. The van der Waals surface area contributed by atoms with Crippen LogP contribution in [0.1, 0.15) is 17.7 Å². The second kappa shape index (κ2) is 9.67. The van der Waals surface area contributed by atoms with Crippen molar-refractivity contribution in [3.8, 4) is 23.1 Å². The fourth-order valence-electron chi connectivity index (χ4n) is 2.88. The number of aromatic nitrogens is 2. The lowest BCUT2D eigenvalue weighted by atomic mass is 10.1. The number of aryl methyl sites for hydroxylation is 1. The summed E-state index contributed by atoms with van der Waals surface area (Å²) in [6, 6.07) is 17.7. The van der Waals surface area contributed by atoms with Crippen LogP contribution in [0.4, 0.5) is 4.39 Å². The number of aromatic amines is 1. The van der Waals surface area contributed by atoms with E-state index in [4.69, 9.17) is 10.00 Å². The number of likely N-dealkylation sites (N-methyl/N-ethyl adjacent to an activating group) is 1. The molecular weight excluding hydrogens is 355 g/mol. The van der Waals surface area contributed by atoms with Gasteiger partial charge in [0.15, 0.2) is 0 Å². The molecule has 0 aliphatic heterocycles. The van der Waals surface area contributed by atoms with Crippen molar-refractivity contribution in [2.75, 3.05) is 26.7 Å². The van der Waals surface area contributed by atoms with Gasteiger partial charge in [-0.2, -0.15) is 10.4 Å². The van der Waals surface area contributed by atoms with Crippen molar-refractivity contribution in [1.29, 1.82) is 5.26 Å². The third-order valence-electron chi connectivity index (χ3n) is 4.46. The molecule has 5 nitrogen and oxygen atoms in total. The van der Waals surface area contributed by atoms with Crippen LogP contribution in [0.25, 0.3) is 11.3 Å². The highest BCUT2D eigenvalue weighted by molar-refractivity contribution is 5.58. The number of ether oxygens (including phenoxy) is 1. The fraction of sp³-hybridized carbons (Fsp3) is 0.273. The standard InChI is InChI=1S/C22H23FN4O/c1-27(12-13-28-21-6-2-4-17(14-21)16-24)11-3-5-20-15-22(26-25-20)18-7-9-19(23)10-8-18/h2,4,6-10,14-15H,3,5,11-13H2,1H3,(H,25,26). The van der Waals surface area contributed by atoms with Gasteiger partial charge in [0.05, 0.1) is 17.3 Å². The summed E-state index contributed by atoms with van der Waals surface area (Å²) in [5.41, 5.74) is 3.40. The predicted octanol–water partition coefficient (Wildman–Crippen LogP) is 4.03. The Balaban J connectivity index is 1.38. The van der Waals surface area contributed by atoms with Gasteiger partial charge < -0.3 is 9.64 Å². The van der Waals surface area contributed by atoms with E-state index in [-0.39, 0.29) is 5.82 Å². The highest BCUT2D eigenvalue weighted by Crippen LogP contribution is 2.18. The Kier molecular flexibility index (Phi) is 6.77. The summed E-state index contributed by atoms with van der Waals surface area (Å²) in [7, 11) is 2.06. The van der Waals surface area contributed by atoms with Crippen LogP contribution < -0.4 is 4.74 Å². The number of benzene rings is 2. The molecule has 1 N–H and O–H groups in total. The Morgan fingerprint density at radius 2 is 1.96 bits per heavy atom. The third-order valence-corrected chi connectivity index (χ3v) is 4.46. The maximum atomic E-state index is 13.0. The number of hydrogen-bond donors (Lipinski definition) is 1. The van der Waals surface area contributed by atoms with Crippen LogP contribution in [-0.4, -0.2) is 41.8 Å². The molecule has 3 aromatic rings. The third kappa shape index (κ3) is 5.66. The quantitative estimate of drug-likeness (QED) is 0.611. The summed E-state index contributed by atoms with van der Waals surface area (Å²) in [6.07, 6.45) is 1.88. The first-order chi connectivity index (χ1) is 13.6. The highest BCUT2D eigenvalue weighted by atomic mass is 19.1. The van der Waals surface area contributed by atoms with E-state index in [0.717, 1.165) is 48.6 Å². The van der Waals surface area contributed by atoms with E-state index in [1.54, 1.807) is 24.3 Å². The maximum absolute atomic E-state index is 13.0. The lowest BCUT2D eigenvalue weighted by Crippen LogP contribution is -2.25. The van der Waals surface area contributed by atoms with Gasteiger partial charge >= 0.3 is 0 Å². The van der Waals surface area contributed by atoms with Gasteiger partial charge in [-0.05, 0) is 75.0 Å². The Labute approximate surface area is 164 Å². The number of H-pyrrole nitrogens is 1. The molecule has 0 spiro atoms. The molecule has 6 heteroatoms. The molecule has 0 saturated heterocycles. The monoisotopic (exact) mass is 378 g/mol. The summed E-state index contributed by atoms with van der Waals surface area (Å²) in [6.45, 7) is 2.32. The first-order valence-corrected chi connectivity index (χ1v) is 9.26. The van der Waals surface area contributed by atoms with Gasteiger partial charge in [0.25, 0.3) is 0 Å². The van der Waals surface area contributed by atoms with E-state index in [0.29, 0.717) is 12.2 Å². The highest BCUT2D eigenvalue weighted by Gasteiger charge is 2.06. The average Bonchev–Trinajstić information content (AvgIpc) is 3.17. The first-order valence-electron chi connectivity index (χ1n) is 9.26. The van der Waals surface area contributed by atoms with Gasteiger partial charge in [0, 0.05) is 17.8 Å². The Hall–Kier alpha value is -3.17. The summed E-state index contributed by atoms with van der Waals surface area (Å²) in [5, 5.41) is 16.3. The van der Waals surface area contributed by atoms with Crippen molar-refractivity contribution < 1.29 is 9.13 Å². The smallest absolute Gasteiger partial charge is 0.123 e. The molecule has 0 unspecified atom stereocenters. The minimum absolute atomic E-state index is 0.246. The summed E-state index contributed by atoms with van der Waals surface area (Å²) >= 11 is 0. The van der Waals surface area contributed by atoms with Crippen LogP contribution in [0.3, 0.4) is 0 Å². The molecule has 0 aliphatic carbocycles. The van der Waals surface area contributed by atoms with Gasteiger partial charge in [-0.15, -0.1) is 0 Å². The summed E-state index contributed by atoms with van der Waals surface area (Å²) in [5.74, 6) is 0.475. The van der Waals surface area contributed by atoms with Crippen molar-refractivity contribution >= 4 is 0 Å². The molecule has 0 aliphatic rings. The van der Waals surface area contributed by atoms with Crippen LogP contribution in [0.2, 0.25) is 0 Å². The average molecular weight is 378 g/mol. The van der Waals surface area contributed by atoms with Crippen molar-refractivity contribution in [3.05, 3.63) is 71.7 Å². The molecule has 3 rings (SSSR count). The number of halogens is 1. The minimum atomic E-state index is -0.246. The zero-order valence-corrected chi connectivity index (χ0v) is 15.9. The predicted molar refractivity (Wildman–Crippen MR) is 106 cm³/mol. The lowest BCUT2D eigenvalue weighted by Gasteiger charge is -2.16. The van der Waals surface area contributed by atoms with Crippen molar-refractivity contribution in [2.45, 2.75) is 12.8 Å². The number of hydrogen-bond acceptors (Lipinski definition) is 4. The molecule has 0 fully saturated rings. The molecule has 2 aromatic carbocycles. The maximum Gasteiger partial charge on any atom is 0.123 e. The van der Waals surface area contributed by atoms with E-state index >= 15 is 0 Å². The molecule has 28 heavy (non-hydrogen) atoms. The van der Waals surface area contributed by atoms with Crippen LogP contribution in [0.5, 0.6) is 5.75 Å². The number of nitrogens with one attached hydrogen (secondary N) is 1. The molecule has 0 atom stereocenters. The number of nitrogens with zero attached hydrogens (tertiary/aromatic N) is 3. The first kappa shape index (κ1) is 19.6. The second-order valence-electron chi connectivity index (χ2n) is 6.68. The van der Waals surface area contributed by atoms with Crippen molar-refractivity contribution in [1.82, 2.24) is 15.1 Å². The Morgan fingerprint density at radius 3 is 2.75 bits per heavy atom. The Bertz CT molecular complexity index is 930. The van der Waals surface area contributed by atoms with Gasteiger partial charge in [0.2, 0.25) is 0 Å². The second-order valence-corrected chi connectivity index (χ2v) is 6.68. The van der Waals surface area contributed by atoms with Crippen molar-refractivity contribution in [3.63, 3.8) is 0 Å². The van der Waals surface area contributed by atoms with Gasteiger partial charge in [-0.1, -0.05) is 6.07 Å². The van der Waals surface area contributed by atoms with E-state index in [1.807, 2.05) is 18.2 Å². The van der Waals surface area contributed by atoms with Gasteiger partial charge in [-0.3, -0.25) is 5.10 Å². The normalized spacial score (nSPS) is 10.8. The van der Waals surface area contributed by atoms with E-state index in [9.17, 15) is 4.39 Å². The molecule has 144 valence electrons. The molecule has 0 amide bonds. The molecule has 0 bridgehead atoms. The largest absolute Gasteiger partial charge is 0.492 e. The Morgan fingerprint density at radius 1 is 1.14 bits per heavy atom. The number of nitriles is 1. The van der Waals surface area contributed by atoms with Crippen LogP contribution in [0, 0.1) is 17.1 Å². The number of rotatable bonds is 9. The molecule has 1 heterocycles. The van der Waals surface area contributed by atoms with E-state index < -0.39 is 0 Å². The zero-order chi connectivity index (χ0) is 19.8. The topological polar surface area (TPSA) is 64.9 Å². The van der Waals surface area contributed by atoms with Gasteiger partial charge in [0.1, 0.15) is 18.2 Å². The lowest BCUT2D eigenvalue weighted by molar-refractivity contribution is 0.236. The van der Waals surface area contributed by atoms with E-state index in [1.165, 1.54) is 12.1 Å². The van der Waals surface area contributed by atoms with Crippen molar-refractivity contribution in [2.24, 2.45) is 0 Å². The van der Waals surface area contributed by atoms with Crippen LogP contribution >= 0.6 is 0 Å². The van der Waals surface area contributed by atoms with Crippen LogP contribution in [-0.2, 0) is 6.42 Å². The minimum Gasteiger partial charge on any atom is -0.492 e. The van der Waals surface area contributed by atoms with Gasteiger partial charge in [-0.25, -0.2) is 4.39 Å².